The summed E-state index contributed by atoms with van der Waals surface area (Å²) < 4.78 is 6.96. The van der Waals surface area contributed by atoms with Crippen LogP contribution in [-0.2, 0) is 29.2 Å². The summed E-state index contributed by atoms with van der Waals surface area (Å²) in [6.07, 6.45) is 1.56. The van der Waals surface area contributed by atoms with Gasteiger partial charge in [0.05, 0.1) is 24.9 Å². The molecule has 0 fully saturated rings. The van der Waals surface area contributed by atoms with Crippen LogP contribution in [0.2, 0.25) is 0 Å². The molecule has 3 aromatic heterocycles. The first kappa shape index (κ1) is 23.5. The Hall–Kier alpha value is -4.24. The van der Waals surface area contributed by atoms with Gasteiger partial charge < -0.3 is 14.6 Å². The Balaban J connectivity index is 1.51. The summed E-state index contributed by atoms with van der Waals surface area (Å²) in [6, 6.07) is 21.8. The van der Waals surface area contributed by atoms with Crippen molar-refractivity contribution in [3.05, 3.63) is 106 Å². The van der Waals surface area contributed by atoms with Crippen LogP contribution in [0.5, 0.6) is 0 Å². The average molecular weight is 500 g/mol. The summed E-state index contributed by atoms with van der Waals surface area (Å²) >= 11 is 1.54. The molecule has 1 N–H and O–H groups in total. The summed E-state index contributed by atoms with van der Waals surface area (Å²) in [5.41, 5.74) is 3.16. The van der Waals surface area contributed by atoms with Crippen LogP contribution in [-0.4, -0.2) is 31.7 Å². The first-order valence-corrected chi connectivity index (χ1v) is 12.4. The Kier molecular flexibility index (Phi) is 6.90. The van der Waals surface area contributed by atoms with Crippen molar-refractivity contribution in [3.63, 3.8) is 0 Å². The second kappa shape index (κ2) is 10.6. The zero-order chi connectivity index (χ0) is 24.9. The number of aromatic nitrogens is 3. The van der Waals surface area contributed by atoms with Crippen LogP contribution < -0.4 is 5.32 Å². The molecule has 0 aliphatic rings. The molecule has 36 heavy (non-hydrogen) atoms. The minimum Gasteiger partial charge on any atom is -0.467 e. The molecule has 0 spiro atoms. The van der Waals surface area contributed by atoms with Gasteiger partial charge in [0, 0.05) is 4.88 Å². The molecule has 0 bridgehead atoms. The van der Waals surface area contributed by atoms with E-state index in [0.29, 0.717) is 11.3 Å². The van der Waals surface area contributed by atoms with E-state index >= 15 is 0 Å². The molecule has 0 aliphatic heterocycles. The van der Waals surface area contributed by atoms with E-state index in [1.54, 1.807) is 39.3 Å². The molecule has 2 aromatic carbocycles. The van der Waals surface area contributed by atoms with Gasteiger partial charge in [-0.15, -0.1) is 16.4 Å². The highest BCUT2D eigenvalue weighted by Gasteiger charge is 2.33. The molecule has 0 saturated heterocycles. The Bertz CT molecular complexity index is 1460. The fourth-order valence-corrected chi connectivity index (χ4v) is 4.88. The Labute approximate surface area is 212 Å². The van der Waals surface area contributed by atoms with Gasteiger partial charge in [-0.25, -0.2) is 4.68 Å². The van der Waals surface area contributed by atoms with Crippen molar-refractivity contribution in [2.24, 2.45) is 0 Å². The van der Waals surface area contributed by atoms with Crippen molar-refractivity contribution < 1.29 is 14.0 Å². The highest BCUT2D eigenvalue weighted by molar-refractivity contribution is 7.09. The number of fused-ring (bicyclic) bond motifs is 1. The third-order valence-corrected chi connectivity index (χ3v) is 6.85. The number of carbonyl (C=O) groups excluding carboxylic acids is 2. The summed E-state index contributed by atoms with van der Waals surface area (Å²) in [5.74, 6) is 0.117. The van der Waals surface area contributed by atoms with Gasteiger partial charge in [-0.05, 0) is 53.8 Å². The first-order valence-electron chi connectivity index (χ1n) is 11.6. The number of nitrogens with zero attached hydrogens (tertiary/aromatic N) is 4. The fourth-order valence-electron chi connectivity index (χ4n) is 4.18. The minimum atomic E-state index is -0.842. The Morgan fingerprint density at radius 2 is 1.89 bits per heavy atom. The van der Waals surface area contributed by atoms with Crippen LogP contribution in [0.4, 0.5) is 0 Å². The predicted octanol–water partition coefficient (Wildman–Crippen LogP) is 4.48. The van der Waals surface area contributed by atoms with Gasteiger partial charge in [0.1, 0.15) is 23.9 Å². The highest BCUT2D eigenvalue weighted by Crippen LogP contribution is 2.28. The van der Waals surface area contributed by atoms with Gasteiger partial charge in [-0.1, -0.05) is 47.7 Å². The molecular formula is C27H25N5O3S. The molecule has 8 nitrogen and oxygen atoms in total. The summed E-state index contributed by atoms with van der Waals surface area (Å²) in [7, 11) is 0. The number of carbonyl (C=O) groups is 2. The third-order valence-electron chi connectivity index (χ3n) is 5.99. The first-order chi connectivity index (χ1) is 17.6. The van der Waals surface area contributed by atoms with Gasteiger partial charge in [0.25, 0.3) is 0 Å². The maximum Gasteiger partial charge on any atom is 0.247 e. The second-order valence-electron chi connectivity index (χ2n) is 8.39. The minimum absolute atomic E-state index is 0.0419. The lowest BCUT2D eigenvalue weighted by molar-refractivity contribution is -0.142. The van der Waals surface area contributed by atoms with Gasteiger partial charge in [-0.3, -0.25) is 9.59 Å². The number of hydrogen-bond acceptors (Lipinski definition) is 6. The normalized spacial score (nSPS) is 11.9. The smallest absolute Gasteiger partial charge is 0.247 e. The summed E-state index contributed by atoms with van der Waals surface area (Å²) in [5, 5.41) is 13.3. The lowest BCUT2D eigenvalue weighted by Gasteiger charge is -2.32. The number of hydrogen-bond donors (Lipinski definition) is 1. The van der Waals surface area contributed by atoms with Gasteiger partial charge in [0.15, 0.2) is 0 Å². The Morgan fingerprint density at radius 3 is 2.67 bits per heavy atom. The van der Waals surface area contributed by atoms with Gasteiger partial charge in [0.2, 0.25) is 11.8 Å². The quantitative estimate of drug-likeness (QED) is 0.323. The SMILES string of the molecule is Cc1ccccc1C(C(=O)NCc1ccco1)N(Cc1cccs1)C(=O)Cn1nnc2ccccc21. The van der Waals surface area contributed by atoms with Gasteiger partial charge >= 0.3 is 0 Å². The van der Waals surface area contributed by atoms with Crippen LogP contribution in [0.15, 0.2) is 88.9 Å². The molecule has 0 saturated carbocycles. The maximum absolute atomic E-state index is 13.9. The van der Waals surface area contributed by atoms with Crippen molar-refractivity contribution in [1.29, 1.82) is 0 Å². The third kappa shape index (κ3) is 5.06. The van der Waals surface area contributed by atoms with Gasteiger partial charge in [-0.2, -0.15) is 0 Å². The molecule has 0 aliphatic carbocycles. The van der Waals surface area contributed by atoms with Crippen molar-refractivity contribution >= 4 is 34.2 Å². The number of rotatable bonds is 9. The number of amides is 2. The molecule has 1 unspecified atom stereocenters. The number of thiophene rings is 1. The number of para-hydroxylation sites is 1. The van der Waals surface area contributed by atoms with E-state index in [2.05, 4.69) is 15.6 Å². The number of furan rings is 1. The van der Waals surface area contributed by atoms with E-state index in [9.17, 15) is 9.59 Å². The topological polar surface area (TPSA) is 93.3 Å². The van der Waals surface area contributed by atoms with Crippen molar-refractivity contribution in [2.75, 3.05) is 0 Å². The van der Waals surface area contributed by atoms with E-state index in [1.807, 2.05) is 73.0 Å². The van der Waals surface area contributed by atoms with Crippen LogP contribution in [0, 0.1) is 6.92 Å². The number of benzene rings is 2. The molecule has 2 amide bonds. The maximum atomic E-state index is 13.9. The average Bonchev–Trinajstić information content (AvgIpc) is 3.67. The fraction of sp³-hybridized carbons (Fsp3) is 0.185. The zero-order valence-corrected chi connectivity index (χ0v) is 20.5. The van der Waals surface area contributed by atoms with Crippen LogP contribution >= 0.6 is 11.3 Å². The zero-order valence-electron chi connectivity index (χ0n) is 19.7. The molecule has 5 rings (SSSR count). The van der Waals surface area contributed by atoms with Crippen LogP contribution in [0.25, 0.3) is 11.0 Å². The van der Waals surface area contributed by atoms with Crippen LogP contribution in [0.3, 0.4) is 0 Å². The van der Waals surface area contributed by atoms with E-state index in [1.165, 1.54) is 0 Å². The second-order valence-corrected chi connectivity index (χ2v) is 9.43. The lowest BCUT2D eigenvalue weighted by atomic mass is 9.98. The molecule has 5 aromatic rings. The van der Waals surface area contributed by atoms with E-state index < -0.39 is 6.04 Å². The molecule has 1 atom stereocenters. The summed E-state index contributed by atoms with van der Waals surface area (Å²) in [4.78, 5) is 30.2. The molecule has 9 heteroatoms. The lowest BCUT2D eigenvalue weighted by Crippen LogP contribution is -2.44. The largest absolute Gasteiger partial charge is 0.467 e. The molecular weight excluding hydrogens is 474 g/mol. The van der Waals surface area contributed by atoms with Crippen molar-refractivity contribution in [3.8, 4) is 0 Å². The number of nitrogens with one attached hydrogen (secondary N) is 1. The van der Waals surface area contributed by atoms with E-state index in [-0.39, 0.29) is 31.4 Å². The predicted molar refractivity (Wildman–Crippen MR) is 137 cm³/mol. The Morgan fingerprint density at radius 1 is 1.06 bits per heavy atom. The van der Waals surface area contributed by atoms with E-state index in [0.717, 1.165) is 21.5 Å². The van der Waals surface area contributed by atoms with E-state index in [4.69, 9.17) is 4.42 Å². The van der Waals surface area contributed by atoms with Crippen LogP contribution in [0.1, 0.15) is 27.8 Å². The standard InChI is InChI=1S/C27H25N5O3S/c1-19-8-2-3-11-22(19)26(27(34)28-16-20-9-6-14-35-20)31(17-21-10-7-15-36-21)25(33)18-32-24-13-5-4-12-23(24)29-30-32/h2-15,26H,16-18H2,1H3,(H,28,34). The number of aryl methyl sites for hydroxylation is 1. The molecule has 3 heterocycles. The molecule has 182 valence electrons. The van der Waals surface area contributed by atoms with Crippen molar-refractivity contribution in [1.82, 2.24) is 25.2 Å². The molecule has 0 radical (unpaired) electrons. The summed E-state index contributed by atoms with van der Waals surface area (Å²) in [6.45, 7) is 2.42. The van der Waals surface area contributed by atoms with Crippen molar-refractivity contribution in [2.45, 2.75) is 32.6 Å². The highest BCUT2D eigenvalue weighted by atomic mass is 32.1. The monoisotopic (exact) mass is 499 g/mol.